The van der Waals surface area contributed by atoms with E-state index in [-0.39, 0.29) is 29.2 Å². The van der Waals surface area contributed by atoms with Crippen LogP contribution in [0.25, 0.3) is 10.9 Å². The number of hydrogen-bond donors (Lipinski definition) is 5. The van der Waals surface area contributed by atoms with Crippen LogP contribution in [0.5, 0.6) is 0 Å². The number of aromatic amines is 1. The van der Waals surface area contributed by atoms with E-state index in [4.69, 9.17) is 11.5 Å². The molecule has 4 saturated carbocycles. The van der Waals surface area contributed by atoms with Crippen LogP contribution in [0.2, 0.25) is 0 Å². The molecule has 1 aromatic heterocycles. The zero-order valence-corrected chi connectivity index (χ0v) is 26.1. The number of benzene rings is 2. The maximum atomic E-state index is 12.5. The number of fused-ring (bicyclic) bond motifs is 1. The van der Waals surface area contributed by atoms with E-state index >= 15 is 0 Å². The fourth-order valence-electron chi connectivity index (χ4n) is 7.26. The van der Waals surface area contributed by atoms with E-state index in [0.717, 1.165) is 71.0 Å². The van der Waals surface area contributed by atoms with Gasteiger partial charge in [-0.15, -0.1) is 0 Å². The average Bonchev–Trinajstić information content (AvgIpc) is 3.36. The molecule has 4 aliphatic carbocycles. The minimum atomic E-state index is -0.408. The zero-order chi connectivity index (χ0) is 31.9. The molecule has 2 amide bonds. The molecule has 4 aliphatic rings. The minimum absolute atomic E-state index is 0.0351. The van der Waals surface area contributed by atoms with Gasteiger partial charge in [0.1, 0.15) is 17.9 Å². The maximum Gasteiger partial charge on any atom is 0.319 e. The van der Waals surface area contributed by atoms with Crippen LogP contribution in [0, 0.1) is 17.8 Å². The molecule has 2 atom stereocenters. The normalized spacial score (nSPS) is 24.2. The van der Waals surface area contributed by atoms with Crippen molar-refractivity contribution < 1.29 is 19.2 Å². The Morgan fingerprint density at radius 1 is 0.955 bits per heavy atom. The standard InChI is InChI=1S/C20H26N2O2.C11H12N2O.C4H9NO/c1-13(23)6-14-2-4-18(5-3-14)21-19(24)22-20-10-15-7-16(11-20)9-17(8-15)12-20;12-9(7-14)5-8-6-13-11-4-2-1-3-10(8)11;1-3(5)4(2)6/h2-5,15-17H,6-12H2,1H3,(H2,21,22,24);1-4,6-7,9,13H,5,12H2;3H,5H2,1-2H3/t;9-;3-/m.00/s1. The Kier molecular flexibility index (Phi) is 11.1. The molecule has 44 heavy (non-hydrogen) atoms. The Morgan fingerprint density at radius 2 is 1.52 bits per heavy atom. The fraction of sp³-hybridized carbons (Fsp3) is 0.486. The first kappa shape index (κ1) is 33.1. The first-order valence-electron chi connectivity index (χ1n) is 15.6. The topological polar surface area (TPSA) is 160 Å². The highest BCUT2D eigenvalue weighted by Crippen LogP contribution is 2.55. The van der Waals surface area contributed by atoms with Gasteiger partial charge in [-0.25, -0.2) is 4.79 Å². The number of carbonyl (C=O) groups excluding carboxylic acids is 4. The first-order valence-corrected chi connectivity index (χ1v) is 15.6. The fourth-order valence-corrected chi connectivity index (χ4v) is 7.26. The number of carbonyl (C=O) groups is 4. The molecule has 2 aromatic carbocycles. The smallest absolute Gasteiger partial charge is 0.319 e. The first-order chi connectivity index (χ1) is 20.9. The van der Waals surface area contributed by atoms with E-state index in [1.54, 1.807) is 13.8 Å². The number of Topliss-reactive ketones (excluding diaryl/α,β-unsaturated/α-hetero) is 2. The summed E-state index contributed by atoms with van der Waals surface area (Å²) < 4.78 is 0. The number of para-hydroxylation sites is 1. The molecule has 4 fully saturated rings. The molecule has 236 valence electrons. The average molecular weight is 602 g/mol. The van der Waals surface area contributed by atoms with Crippen molar-refractivity contribution in [2.45, 2.75) is 89.8 Å². The molecule has 0 spiro atoms. The molecule has 7 N–H and O–H groups in total. The second-order valence-electron chi connectivity index (χ2n) is 13.1. The number of aromatic nitrogens is 1. The Hall–Kier alpha value is -3.82. The third-order valence-electron chi connectivity index (χ3n) is 9.03. The number of nitrogens with one attached hydrogen (secondary N) is 3. The van der Waals surface area contributed by atoms with Gasteiger partial charge in [-0.2, -0.15) is 0 Å². The SMILES string of the molecule is CC(=O)Cc1ccc(NC(=O)NC23CC4CC(CC(C4)C2)C3)cc1.CC(=O)[C@H](C)N.N[C@H](C=O)Cc1c[nH]c2ccccc12. The van der Waals surface area contributed by atoms with Crippen LogP contribution in [0.3, 0.4) is 0 Å². The number of urea groups is 1. The number of ketones is 2. The molecular formula is C35H47N5O4. The summed E-state index contributed by atoms with van der Waals surface area (Å²) in [5.41, 5.74) is 14.6. The van der Waals surface area contributed by atoms with Crippen LogP contribution in [0.1, 0.15) is 70.4 Å². The molecule has 7 rings (SSSR count). The van der Waals surface area contributed by atoms with Crippen molar-refractivity contribution in [3.05, 3.63) is 65.9 Å². The Balaban J connectivity index is 0.000000186. The largest absolute Gasteiger partial charge is 0.361 e. The van der Waals surface area contributed by atoms with Gasteiger partial charge in [-0.05, 0) is 113 Å². The van der Waals surface area contributed by atoms with Gasteiger partial charge in [-0.3, -0.25) is 9.59 Å². The van der Waals surface area contributed by atoms with E-state index in [1.807, 2.05) is 54.7 Å². The molecule has 4 bridgehead atoms. The lowest BCUT2D eigenvalue weighted by molar-refractivity contribution is -0.118. The number of rotatable bonds is 8. The summed E-state index contributed by atoms with van der Waals surface area (Å²) in [7, 11) is 0. The van der Waals surface area contributed by atoms with E-state index in [0.29, 0.717) is 12.8 Å². The summed E-state index contributed by atoms with van der Waals surface area (Å²) in [6.45, 7) is 4.73. The molecule has 0 radical (unpaired) electrons. The van der Waals surface area contributed by atoms with Crippen LogP contribution in [0.4, 0.5) is 10.5 Å². The lowest BCUT2D eigenvalue weighted by atomic mass is 9.53. The molecule has 1 heterocycles. The van der Waals surface area contributed by atoms with Crippen LogP contribution >= 0.6 is 0 Å². The van der Waals surface area contributed by atoms with Crippen molar-refractivity contribution in [3.63, 3.8) is 0 Å². The molecule has 3 aromatic rings. The molecule has 9 heteroatoms. The van der Waals surface area contributed by atoms with Gasteiger partial charge >= 0.3 is 6.03 Å². The van der Waals surface area contributed by atoms with Gasteiger partial charge in [0.15, 0.2) is 0 Å². The van der Waals surface area contributed by atoms with E-state index in [2.05, 4.69) is 15.6 Å². The monoisotopic (exact) mass is 601 g/mol. The van der Waals surface area contributed by atoms with Crippen molar-refractivity contribution in [2.75, 3.05) is 5.32 Å². The summed E-state index contributed by atoms with van der Waals surface area (Å²) in [6.07, 6.45) is 11.3. The summed E-state index contributed by atoms with van der Waals surface area (Å²) in [5.74, 6) is 2.65. The van der Waals surface area contributed by atoms with Gasteiger partial charge in [0.2, 0.25) is 0 Å². The third kappa shape index (κ3) is 9.09. The summed E-state index contributed by atoms with van der Waals surface area (Å²) >= 11 is 0. The van der Waals surface area contributed by atoms with E-state index in [1.165, 1.54) is 26.2 Å². The number of hydrogen-bond acceptors (Lipinski definition) is 6. The van der Waals surface area contributed by atoms with Gasteiger partial charge in [0.25, 0.3) is 0 Å². The number of nitrogens with two attached hydrogens (primary N) is 2. The van der Waals surface area contributed by atoms with Crippen molar-refractivity contribution in [3.8, 4) is 0 Å². The number of anilines is 1. The molecule has 9 nitrogen and oxygen atoms in total. The summed E-state index contributed by atoms with van der Waals surface area (Å²) in [5, 5.41) is 7.42. The number of amides is 2. The lowest BCUT2D eigenvalue weighted by Gasteiger charge is -2.56. The molecular weight excluding hydrogens is 554 g/mol. The highest BCUT2D eigenvalue weighted by Gasteiger charge is 2.51. The Morgan fingerprint density at radius 3 is 2.05 bits per heavy atom. The Bertz CT molecular complexity index is 1410. The van der Waals surface area contributed by atoms with Crippen molar-refractivity contribution in [2.24, 2.45) is 29.2 Å². The van der Waals surface area contributed by atoms with E-state index in [9.17, 15) is 19.2 Å². The van der Waals surface area contributed by atoms with Gasteiger partial charge in [0.05, 0.1) is 12.1 Å². The van der Waals surface area contributed by atoms with Crippen LogP contribution in [-0.2, 0) is 27.2 Å². The Labute approximate surface area is 259 Å². The van der Waals surface area contributed by atoms with Crippen molar-refractivity contribution in [1.82, 2.24) is 10.3 Å². The van der Waals surface area contributed by atoms with Crippen molar-refractivity contribution in [1.29, 1.82) is 0 Å². The van der Waals surface area contributed by atoms with Gasteiger partial charge < -0.3 is 31.9 Å². The second-order valence-corrected chi connectivity index (χ2v) is 13.1. The second kappa shape index (κ2) is 14.8. The molecule has 0 unspecified atom stereocenters. The summed E-state index contributed by atoms with van der Waals surface area (Å²) in [6, 6.07) is 14.8. The maximum absolute atomic E-state index is 12.5. The quantitative estimate of drug-likeness (QED) is 0.227. The van der Waals surface area contributed by atoms with Crippen LogP contribution in [0.15, 0.2) is 54.7 Å². The third-order valence-corrected chi connectivity index (χ3v) is 9.03. The zero-order valence-electron chi connectivity index (χ0n) is 26.1. The number of aldehydes is 1. The predicted molar refractivity (Wildman–Crippen MR) is 174 cm³/mol. The molecule has 0 saturated heterocycles. The highest BCUT2D eigenvalue weighted by atomic mass is 16.2. The van der Waals surface area contributed by atoms with Crippen molar-refractivity contribution >= 4 is 40.5 Å². The van der Waals surface area contributed by atoms with Gasteiger partial charge in [-0.1, -0.05) is 30.3 Å². The minimum Gasteiger partial charge on any atom is -0.361 e. The van der Waals surface area contributed by atoms with Gasteiger partial charge in [0, 0.05) is 34.7 Å². The van der Waals surface area contributed by atoms with Crippen LogP contribution in [-0.4, -0.2) is 46.5 Å². The van der Waals surface area contributed by atoms with E-state index < -0.39 is 6.04 Å². The lowest BCUT2D eigenvalue weighted by Crippen LogP contribution is -2.60. The highest BCUT2D eigenvalue weighted by molar-refractivity contribution is 5.90. The van der Waals surface area contributed by atoms with Crippen LogP contribution < -0.4 is 22.1 Å². The predicted octanol–water partition coefficient (Wildman–Crippen LogP) is 5.07. The molecule has 0 aliphatic heterocycles. The summed E-state index contributed by atoms with van der Waals surface area (Å²) in [4.78, 5) is 47.2. The number of H-pyrrole nitrogens is 1.